The van der Waals surface area contributed by atoms with Crippen LogP contribution in [0, 0.1) is 0 Å². The number of H-pyrrole nitrogens is 1. The Bertz CT molecular complexity index is 373. The second kappa shape index (κ2) is 4.02. The number of hydrogen-bond acceptors (Lipinski definition) is 3. The molecule has 1 aliphatic carbocycles. The average molecular weight is 210 g/mol. The first-order valence-corrected chi connectivity index (χ1v) is 5.14. The molecule has 5 nitrogen and oxygen atoms in total. The summed E-state index contributed by atoms with van der Waals surface area (Å²) in [4.78, 5) is 10.5. The fourth-order valence-electron chi connectivity index (χ4n) is 1.99. The summed E-state index contributed by atoms with van der Waals surface area (Å²) in [6, 6.07) is 0. The van der Waals surface area contributed by atoms with Crippen LogP contribution in [-0.4, -0.2) is 32.5 Å². The maximum Gasteiger partial charge on any atom is 0.332 e. The lowest BCUT2D eigenvalue weighted by atomic mass is 9.94. The predicted molar refractivity (Wildman–Crippen MR) is 52.6 cm³/mol. The number of carboxylic acid groups (broad SMARTS) is 1. The van der Waals surface area contributed by atoms with Crippen LogP contribution in [0.4, 0.5) is 0 Å². The summed E-state index contributed by atoms with van der Waals surface area (Å²) < 4.78 is 0. The van der Waals surface area contributed by atoms with E-state index in [1.807, 2.05) is 0 Å². The number of aryl methyl sites for hydroxylation is 1. The van der Waals surface area contributed by atoms with Crippen molar-refractivity contribution in [1.82, 2.24) is 10.2 Å². The SMILES string of the molecule is O=C(O)C(O)Cc1n[nH]c2c1CCCC2. The number of aromatic nitrogens is 2. The lowest BCUT2D eigenvalue weighted by Crippen LogP contribution is -2.23. The molecule has 2 rings (SSSR count). The quantitative estimate of drug-likeness (QED) is 0.668. The van der Waals surface area contributed by atoms with Gasteiger partial charge in [0.05, 0.1) is 5.69 Å². The lowest BCUT2D eigenvalue weighted by Gasteiger charge is -2.11. The summed E-state index contributed by atoms with van der Waals surface area (Å²) in [5, 5.41) is 24.8. The Labute approximate surface area is 87.1 Å². The molecule has 0 aromatic carbocycles. The summed E-state index contributed by atoms with van der Waals surface area (Å²) in [5.74, 6) is -1.19. The van der Waals surface area contributed by atoms with Crippen molar-refractivity contribution < 1.29 is 15.0 Å². The maximum absolute atomic E-state index is 10.5. The topological polar surface area (TPSA) is 86.2 Å². The second-order valence-electron chi connectivity index (χ2n) is 3.89. The van der Waals surface area contributed by atoms with Crippen LogP contribution in [0.15, 0.2) is 0 Å². The molecule has 1 heterocycles. The van der Waals surface area contributed by atoms with Gasteiger partial charge in [0.2, 0.25) is 0 Å². The molecule has 0 aliphatic heterocycles. The molecular weight excluding hydrogens is 196 g/mol. The fourth-order valence-corrected chi connectivity index (χ4v) is 1.99. The number of fused-ring (bicyclic) bond motifs is 1. The summed E-state index contributed by atoms with van der Waals surface area (Å²) >= 11 is 0. The molecule has 0 saturated carbocycles. The highest BCUT2D eigenvalue weighted by atomic mass is 16.4. The first kappa shape index (κ1) is 10.2. The largest absolute Gasteiger partial charge is 0.479 e. The lowest BCUT2D eigenvalue weighted by molar-refractivity contribution is -0.146. The van der Waals surface area contributed by atoms with Crippen molar-refractivity contribution in [3.05, 3.63) is 17.0 Å². The Morgan fingerprint density at radius 2 is 2.20 bits per heavy atom. The van der Waals surface area contributed by atoms with E-state index in [9.17, 15) is 9.90 Å². The minimum Gasteiger partial charge on any atom is -0.479 e. The molecule has 0 bridgehead atoms. The summed E-state index contributed by atoms with van der Waals surface area (Å²) in [5.41, 5.74) is 2.93. The third-order valence-corrected chi connectivity index (χ3v) is 2.81. The first-order valence-electron chi connectivity index (χ1n) is 5.14. The van der Waals surface area contributed by atoms with Crippen molar-refractivity contribution in [1.29, 1.82) is 0 Å². The van der Waals surface area contributed by atoms with Crippen LogP contribution < -0.4 is 0 Å². The summed E-state index contributed by atoms with van der Waals surface area (Å²) in [6.45, 7) is 0. The van der Waals surface area contributed by atoms with Gasteiger partial charge in [0, 0.05) is 12.1 Å². The molecule has 0 saturated heterocycles. The van der Waals surface area contributed by atoms with E-state index in [1.54, 1.807) is 0 Å². The van der Waals surface area contributed by atoms with E-state index in [-0.39, 0.29) is 6.42 Å². The Morgan fingerprint density at radius 3 is 2.93 bits per heavy atom. The summed E-state index contributed by atoms with van der Waals surface area (Å²) in [6.07, 6.45) is 2.93. The number of hydrogen-bond donors (Lipinski definition) is 3. The number of aliphatic hydroxyl groups is 1. The van der Waals surface area contributed by atoms with E-state index in [4.69, 9.17) is 5.11 Å². The third-order valence-electron chi connectivity index (χ3n) is 2.81. The normalized spacial score (nSPS) is 17.1. The fraction of sp³-hybridized carbons (Fsp3) is 0.600. The molecule has 1 atom stereocenters. The van der Waals surface area contributed by atoms with E-state index < -0.39 is 12.1 Å². The van der Waals surface area contributed by atoms with Gasteiger partial charge >= 0.3 is 5.97 Å². The number of nitrogens with zero attached hydrogens (tertiary/aromatic N) is 1. The van der Waals surface area contributed by atoms with Crippen molar-refractivity contribution in [3.8, 4) is 0 Å². The highest BCUT2D eigenvalue weighted by Gasteiger charge is 2.21. The number of carboxylic acids is 1. The Morgan fingerprint density at radius 1 is 1.47 bits per heavy atom. The molecule has 5 heteroatoms. The van der Waals surface area contributed by atoms with Crippen LogP contribution in [-0.2, 0) is 24.1 Å². The highest BCUT2D eigenvalue weighted by molar-refractivity contribution is 5.72. The van der Waals surface area contributed by atoms with Crippen LogP contribution in [0.25, 0.3) is 0 Å². The van der Waals surface area contributed by atoms with Crippen molar-refractivity contribution >= 4 is 5.97 Å². The predicted octanol–water partition coefficient (Wildman–Crippen LogP) is 0.276. The number of aromatic amines is 1. The molecule has 0 fully saturated rings. The van der Waals surface area contributed by atoms with E-state index >= 15 is 0 Å². The minimum absolute atomic E-state index is 0.0984. The van der Waals surface area contributed by atoms with Crippen molar-refractivity contribution in [3.63, 3.8) is 0 Å². The van der Waals surface area contributed by atoms with E-state index in [1.165, 1.54) is 0 Å². The van der Waals surface area contributed by atoms with Gasteiger partial charge in [0.1, 0.15) is 0 Å². The van der Waals surface area contributed by atoms with Gasteiger partial charge in [-0.05, 0) is 31.2 Å². The van der Waals surface area contributed by atoms with Gasteiger partial charge in [0.25, 0.3) is 0 Å². The molecule has 1 aliphatic rings. The van der Waals surface area contributed by atoms with Gasteiger partial charge in [-0.25, -0.2) is 4.79 Å². The van der Waals surface area contributed by atoms with Gasteiger partial charge < -0.3 is 10.2 Å². The molecule has 82 valence electrons. The van der Waals surface area contributed by atoms with E-state index in [0.29, 0.717) is 5.69 Å². The zero-order chi connectivity index (χ0) is 10.8. The molecule has 0 spiro atoms. The van der Waals surface area contributed by atoms with Crippen molar-refractivity contribution in [2.24, 2.45) is 0 Å². The molecule has 0 radical (unpaired) electrons. The highest BCUT2D eigenvalue weighted by Crippen LogP contribution is 2.22. The van der Waals surface area contributed by atoms with Gasteiger partial charge in [-0.2, -0.15) is 5.10 Å². The molecule has 3 N–H and O–H groups in total. The monoisotopic (exact) mass is 210 g/mol. The Balaban J connectivity index is 2.15. The van der Waals surface area contributed by atoms with Crippen molar-refractivity contribution in [2.45, 2.75) is 38.2 Å². The van der Waals surface area contributed by atoms with Gasteiger partial charge in [-0.15, -0.1) is 0 Å². The van der Waals surface area contributed by atoms with E-state index in [2.05, 4.69) is 10.2 Å². The molecule has 0 amide bonds. The number of nitrogens with one attached hydrogen (secondary N) is 1. The molecule has 1 aromatic rings. The molecule has 1 aromatic heterocycles. The van der Waals surface area contributed by atoms with Crippen LogP contribution >= 0.6 is 0 Å². The molecular formula is C10H14N2O3. The molecule has 15 heavy (non-hydrogen) atoms. The minimum atomic E-state index is -1.35. The van der Waals surface area contributed by atoms with Crippen LogP contribution in [0.3, 0.4) is 0 Å². The van der Waals surface area contributed by atoms with E-state index in [0.717, 1.165) is 36.9 Å². The van der Waals surface area contributed by atoms with Gasteiger partial charge in [-0.1, -0.05) is 0 Å². The smallest absolute Gasteiger partial charge is 0.332 e. The zero-order valence-electron chi connectivity index (χ0n) is 8.36. The zero-order valence-corrected chi connectivity index (χ0v) is 8.36. The first-order chi connectivity index (χ1) is 7.18. The number of rotatable bonds is 3. The van der Waals surface area contributed by atoms with Crippen LogP contribution in [0.2, 0.25) is 0 Å². The van der Waals surface area contributed by atoms with Gasteiger partial charge in [0.15, 0.2) is 6.10 Å². The van der Waals surface area contributed by atoms with Gasteiger partial charge in [-0.3, -0.25) is 5.10 Å². The van der Waals surface area contributed by atoms with Crippen LogP contribution in [0.1, 0.15) is 29.8 Å². The Hall–Kier alpha value is -1.36. The Kier molecular flexibility index (Phi) is 2.73. The number of aliphatic hydroxyl groups excluding tert-OH is 1. The standard InChI is InChI=1S/C10H14N2O3/c13-9(10(14)15)5-8-6-3-1-2-4-7(6)11-12-8/h9,13H,1-5H2,(H,11,12)(H,14,15). The summed E-state index contributed by atoms with van der Waals surface area (Å²) in [7, 11) is 0. The third kappa shape index (κ3) is 2.02. The van der Waals surface area contributed by atoms with Crippen molar-refractivity contribution in [2.75, 3.05) is 0 Å². The number of aliphatic carboxylic acids is 1. The molecule has 1 unspecified atom stereocenters. The van der Waals surface area contributed by atoms with Crippen LogP contribution in [0.5, 0.6) is 0 Å². The average Bonchev–Trinajstić information content (AvgIpc) is 2.62. The number of carbonyl (C=O) groups is 1. The second-order valence-corrected chi connectivity index (χ2v) is 3.89. The maximum atomic E-state index is 10.5.